The Kier molecular flexibility index (Phi) is 4.51. The zero-order valence-corrected chi connectivity index (χ0v) is 9.22. The van der Waals surface area contributed by atoms with E-state index in [1.807, 2.05) is 0 Å². The quantitative estimate of drug-likeness (QED) is 0.658. The molecule has 0 aliphatic carbocycles. The molecule has 0 heterocycles. The first-order valence-corrected chi connectivity index (χ1v) is 5.27. The van der Waals surface area contributed by atoms with E-state index >= 15 is 0 Å². The molecule has 0 aliphatic heterocycles. The predicted octanol–water partition coefficient (Wildman–Crippen LogP) is 1.89. The smallest absolute Gasteiger partial charge is 0.339 e. The standard InChI is InChI=1S/C12H14O5/c13-10-7-8(3-1-2-4-11(14)15)5-6-9(10)12(16)17/h5-7,13H,1-4H2,(H,14,15)(H,16,17). The van der Waals surface area contributed by atoms with Crippen molar-refractivity contribution in [3.05, 3.63) is 29.3 Å². The monoisotopic (exact) mass is 238 g/mol. The third-order valence-electron chi connectivity index (χ3n) is 2.40. The molecule has 0 aromatic heterocycles. The van der Waals surface area contributed by atoms with Gasteiger partial charge in [0.05, 0.1) is 0 Å². The Labute approximate surface area is 98.3 Å². The topological polar surface area (TPSA) is 94.8 Å². The van der Waals surface area contributed by atoms with E-state index in [1.165, 1.54) is 12.1 Å². The number of carbonyl (C=O) groups is 2. The second-order valence-electron chi connectivity index (χ2n) is 3.76. The number of unbranched alkanes of at least 4 members (excludes halogenated alkanes) is 1. The fourth-order valence-electron chi connectivity index (χ4n) is 1.52. The molecule has 0 fully saturated rings. The zero-order valence-electron chi connectivity index (χ0n) is 9.22. The van der Waals surface area contributed by atoms with Gasteiger partial charge in [-0.15, -0.1) is 0 Å². The number of hydrogen-bond acceptors (Lipinski definition) is 3. The molecule has 0 saturated heterocycles. The Morgan fingerprint density at radius 1 is 1.12 bits per heavy atom. The van der Waals surface area contributed by atoms with Crippen LogP contribution in [0.1, 0.15) is 35.2 Å². The minimum Gasteiger partial charge on any atom is -0.507 e. The zero-order chi connectivity index (χ0) is 12.8. The van der Waals surface area contributed by atoms with Crippen molar-refractivity contribution in [2.24, 2.45) is 0 Å². The number of aromatic hydroxyl groups is 1. The maximum absolute atomic E-state index is 10.6. The summed E-state index contributed by atoms with van der Waals surface area (Å²) in [4.78, 5) is 20.9. The van der Waals surface area contributed by atoms with Gasteiger partial charge in [-0.3, -0.25) is 4.79 Å². The van der Waals surface area contributed by atoms with E-state index in [-0.39, 0.29) is 17.7 Å². The predicted molar refractivity (Wildman–Crippen MR) is 60.3 cm³/mol. The van der Waals surface area contributed by atoms with Crippen LogP contribution in [0.25, 0.3) is 0 Å². The van der Waals surface area contributed by atoms with Crippen LogP contribution < -0.4 is 0 Å². The summed E-state index contributed by atoms with van der Waals surface area (Å²) in [7, 11) is 0. The highest BCUT2D eigenvalue weighted by Crippen LogP contribution is 2.20. The summed E-state index contributed by atoms with van der Waals surface area (Å²) in [6.45, 7) is 0. The molecule has 1 aromatic carbocycles. The molecule has 0 amide bonds. The molecule has 0 atom stereocenters. The summed E-state index contributed by atoms with van der Waals surface area (Å²) in [6, 6.07) is 4.39. The van der Waals surface area contributed by atoms with Crippen LogP contribution in [0.15, 0.2) is 18.2 Å². The molecule has 0 aliphatic rings. The van der Waals surface area contributed by atoms with Crippen LogP contribution in [0.5, 0.6) is 5.75 Å². The number of aliphatic carboxylic acids is 1. The van der Waals surface area contributed by atoms with Gasteiger partial charge < -0.3 is 15.3 Å². The van der Waals surface area contributed by atoms with E-state index in [0.29, 0.717) is 19.3 Å². The van der Waals surface area contributed by atoms with Gasteiger partial charge in [-0.05, 0) is 37.0 Å². The van der Waals surface area contributed by atoms with Gasteiger partial charge in [0.2, 0.25) is 0 Å². The van der Waals surface area contributed by atoms with Gasteiger partial charge in [0, 0.05) is 6.42 Å². The maximum atomic E-state index is 10.6. The molecule has 0 bridgehead atoms. The van der Waals surface area contributed by atoms with Crippen molar-refractivity contribution < 1.29 is 24.9 Å². The summed E-state index contributed by atoms with van der Waals surface area (Å²) < 4.78 is 0. The largest absolute Gasteiger partial charge is 0.507 e. The highest BCUT2D eigenvalue weighted by atomic mass is 16.4. The molecule has 0 saturated carbocycles. The van der Waals surface area contributed by atoms with E-state index in [9.17, 15) is 14.7 Å². The number of aryl methyl sites for hydroxylation is 1. The number of phenols is 1. The lowest BCUT2D eigenvalue weighted by Gasteiger charge is -2.04. The number of carboxylic acids is 2. The van der Waals surface area contributed by atoms with Crippen LogP contribution in [-0.4, -0.2) is 27.3 Å². The van der Waals surface area contributed by atoms with E-state index < -0.39 is 11.9 Å². The fraction of sp³-hybridized carbons (Fsp3) is 0.333. The molecule has 0 unspecified atom stereocenters. The SMILES string of the molecule is O=C(O)CCCCc1ccc(C(=O)O)c(O)c1. The van der Waals surface area contributed by atoms with Crippen LogP contribution in [0.3, 0.4) is 0 Å². The van der Waals surface area contributed by atoms with Gasteiger partial charge in [0.1, 0.15) is 11.3 Å². The Hall–Kier alpha value is -2.04. The number of aromatic carboxylic acids is 1. The molecule has 17 heavy (non-hydrogen) atoms. The lowest BCUT2D eigenvalue weighted by molar-refractivity contribution is -0.137. The van der Waals surface area contributed by atoms with E-state index in [4.69, 9.17) is 10.2 Å². The average molecular weight is 238 g/mol. The van der Waals surface area contributed by atoms with E-state index in [0.717, 1.165) is 5.56 Å². The van der Waals surface area contributed by atoms with E-state index in [1.54, 1.807) is 6.07 Å². The van der Waals surface area contributed by atoms with Crippen molar-refractivity contribution >= 4 is 11.9 Å². The highest BCUT2D eigenvalue weighted by molar-refractivity contribution is 5.90. The third kappa shape index (κ3) is 4.14. The van der Waals surface area contributed by atoms with Crippen molar-refractivity contribution in [3.8, 4) is 5.75 Å². The molecule has 5 heteroatoms. The van der Waals surface area contributed by atoms with E-state index in [2.05, 4.69) is 0 Å². The molecule has 1 rings (SSSR count). The third-order valence-corrected chi connectivity index (χ3v) is 2.40. The van der Waals surface area contributed by atoms with Crippen molar-refractivity contribution in [1.29, 1.82) is 0 Å². The van der Waals surface area contributed by atoms with Gasteiger partial charge in [-0.1, -0.05) is 6.07 Å². The summed E-state index contributed by atoms with van der Waals surface area (Å²) in [5.74, 6) is -2.25. The van der Waals surface area contributed by atoms with Gasteiger partial charge in [0.25, 0.3) is 0 Å². The van der Waals surface area contributed by atoms with Crippen molar-refractivity contribution in [2.45, 2.75) is 25.7 Å². The normalized spacial score (nSPS) is 10.1. The van der Waals surface area contributed by atoms with Crippen LogP contribution in [-0.2, 0) is 11.2 Å². The molecular weight excluding hydrogens is 224 g/mol. The van der Waals surface area contributed by atoms with Gasteiger partial charge in [-0.2, -0.15) is 0 Å². The molecule has 0 radical (unpaired) electrons. The minimum atomic E-state index is -1.17. The summed E-state index contributed by atoms with van der Waals surface area (Å²) in [6.07, 6.45) is 2.01. The molecule has 0 spiro atoms. The molecule has 1 aromatic rings. The summed E-state index contributed by atoms with van der Waals surface area (Å²) in [5.41, 5.74) is 0.678. The van der Waals surface area contributed by atoms with Crippen molar-refractivity contribution in [2.75, 3.05) is 0 Å². The molecule has 3 N–H and O–H groups in total. The van der Waals surface area contributed by atoms with Crippen LogP contribution in [0.4, 0.5) is 0 Å². The lowest BCUT2D eigenvalue weighted by atomic mass is 10.0. The Morgan fingerprint density at radius 3 is 2.35 bits per heavy atom. The summed E-state index contributed by atoms with van der Waals surface area (Å²) in [5, 5.41) is 26.6. The number of rotatable bonds is 6. The Balaban J connectivity index is 2.53. The molecular formula is C12H14O5. The first kappa shape index (κ1) is 13.0. The number of carboxylic acid groups (broad SMARTS) is 2. The fourth-order valence-corrected chi connectivity index (χ4v) is 1.52. The van der Waals surface area contributed by atoms with Crippen molar-refractivity contribution in [3.63, 3.8) is 0 Å². The lowest BCUT2D eigenvalue weighted by Crippen LogP contribution is -1.98. The average Bonchev–Trinajstić information content (AvgIpc) is 2.23. The molecule has 5 nitrogen and oxygen atoms in total. The molecule has 92 valence electrons. The number of benzene rings is 1. The van der Waals surface area contributed by atoms with Crippen LogP contribution in [0, 0.1) is 0 Å². The second kappa shape index (κ2) is 5.89. The van der Waals surface area contributed by atoms with Gasteiger partial charge in [-0.25, -0.2) is 4.79 Å². The Morgan fingerprint density at radius 2 is 1.82 bits per heavy atom. The highest BCUT2D eigenvalue weighted by Gasteiger charge is 2.09. The maximum Gasteiger partial charge on any atom is 0.339 e. The Bertz CT molecular complexity index is 425. The first-order chi connectivity index (χ1) is 8.00. The van der Waals surface area contributed by atoms with Gasteiger partial charge >= 0.3 is 11.9 Å². The second-order valence-corrected chi connectivity index (χ2v) is 3.76. The van der Waals surface area contributed by atoms with Crippen LogP contribution in [0.2, 0.25) is 0 Å². The first-order valence-electron chi connectivity index (χ1n) is 5.27. The van der Waals surface area contributed by atoms with Gasteiger partial charge in [0.15, 0.2) is 0 Å². The van der Waals surface area contributed by atoms with Crippen LogP contribution >= 0.6 is 0 Å². The van der Waals surface area contributed by atoms with Crippen molar-refractivity contribution in [1.82, 2.24) is 0 Å². The summed E-state index contributed by atoms with van der Waals surface area (Å²) >= 11 is 0. The number of hydrogen-bond donors (Lipinski definition) is 3. The minimum absolute atomic E-state index is 0.124.